The van der Waals surface area contributed by atoms with Gasteiger partial charge in [-0.25, -0.2) is 0 Å². The van der Waals surface area contributed by atoms with Crippen molar-refractivity contribution in [1.29, 1.82) is 0 Å². The van der Waals surface area contributed by atoms with E-state index in [0.29, 0.717) is 61.1 Å². The highest BCUT2D eigenvalue weighted by molar-refractivity contribution is 6.36. The smallest absolute Gasteiger partial charge is 0.278 e. The topological polar surface area (TPSA) is 68.3 Å². The highest BCUT2D eigenvalue weighted by Gasteiger charge is 2.41. The average molecular weight is 439 g/mol. The van der Waals surface area contributed by atoms with Crippen LogP contribution in [0.5, 0.6) is 11.5 Å². The molecular formula is C25H30N2O5. The molecule has 0 aliphatic carbocycles. The lowest BCUT2D eigenvalue weighted by Gasteiger charge is -2.25. The third-order valence-corrected chi connectivity index (χ3v) is 5.34. The molecule has 0 atom stereocenters. The standard InChI is InChI=1S/C25H30N2O5/c1-5-26(19-11-8-7-9-12-19)23-22(18-13-14-20(30-3)21(17-18)31-4)24(28)27(25(23)29)15-10-16-32-6-2/h7-9,11-14,17H,5-6,10,15-16H2,1-4H3. The molecule has 7 nitrogen and oxygen atoms in total. The molecule has 0 N–H and O–H groups in total. The third-order valence-electron chi connectivity index (χ3n) is 5.34. The molecule has 0 bridgehead atoms. The summed E-state index contributed by atoms with van der Waals surface area (Å²) in [7, 11) is 3.10. The lowest BCUT2D eigenvalue weighted by Crippen LogP contribution is -2.36. The van der Waals surface area contributed by atoms with Crippen LogP contribution in [-0.4, -0.2) is 57.2 Å². The Kier molecular flexibility index (Phi) is 7.89. The van der Waals surface area contributed by atoms with E-state index in [1.54, 1.807) is 32.4 Å². The molecule has 0 saturated carbocycles. The Morgan fingerprint density at radius 1 is 0.906 bits per heavy atom. The number of benzene rings is 2. The minimum absolute atomic E-state index is 0.296. The van der Waals surface area contributed by atoms with Crippen molar-refractivity contribution >= 4 is 23.1 Å². The molecule has 1 aliphatic rings. The quantitative estimate of drug-likeness (QED) is 0.393. The largest absolute Gasteiger partial charge is 0.493 e. The van der Waals surface area contributed by atoms with Crippen molar-refractivity contribution in [2.45, 2.75) is 20.3 Å². The molecule has 2 amide bonds. The van der Waals surface area contributed by atoms with Gasteiger partial charge in [0.2, 0.25) is 0 Å². The zero-order chi connectivity index (χ0) is 23.1. The number of likely N-dealkylation sites (N-methyl/N-ethyl adjacent to an activating group) is 1. The van der Waals surface area contributed by atoms with Crippen LogP contribution in [0.3, 0.4) is 0 Å². The molecule has 1 heterocycles. The monoisotopic (exact) mass is 438 g/mol. The molecule has 0 radical (unpaired) electrons. The van der Waals surface area contributed by atoms with Crippen LogP contribution >= 0.6 is 0 Å². The van der Waals surface area contributed by atoms with E-state index in [4.69, 9.17) is 14.2 Å². The summed E-state index contributed by atoms with van der Waals surface area (Å²) in [5.74, 6) is 0.430. The first-order valence-corrected chi connectivity index (χ1v) is 10.8. The fourth-order valence-electron chi connectivity index (χ4n) is 3.82. The van der Waals surface area contributed by atoms with Gasteiger partial charge in [0, 0.05) is 32.0 Å². The summed E-state index contributed by atoms with van der Waals surface area (Å²) < 4.78 is 16.2. The van der Waals surface area contributed by atoms with Crippen molar-refractivity contribution in [3.05, 3.63) is 59.8 Å². The Balaban J connectivity index is 2.09. The molecule has 3 rings (SSSR count). The Morgan fingerprint density at radius 2 is 1.62 bits per heavy atom. The van der Waals surface area contributed by atoms with Crippen LogP contribution in [0.2, 0.25) is 0 Å². The van der Waals surface area contributed by atoms with E-state index in [1.807, 2.05) is 49.1 Å². The number of ether oxygens (including phenoxy) is 3. The van der Waals surface area contributed by atoms with Gasteiger partial charge in [-0.3, -0.25) is 14.5 Å². The van der Waals surface area contributed by atoms with E-state index in [0.717, 1.165) is 5.69 Å². The first-order valence-electron chi connectivity index (χ1n) is 10.8. The summed E-state index contributed by atoms with van der Waals surface area (Å²) in [6.45, 7) is 5.79. The molecule has 7 heteroatoms. The summed E-state index contributed by atoms with van der Waals surface area (Å²) in [4.78, 5) is 30.2. The van der Waals surface area contributed by atoms with Gasteiger partial charge in [0.1, 0.15) is 5.70 Å². The lowest BCUT2D eigenvalue weighted by atomic mass is 10.0. The van der Waals surface area contributed by atoms with Crippen LogP contribution in [0, 0.1) is 0 Å². The molecule has 2 aromatic rings. The maximum absolute atomic E-state index is 13.5. The van der Waals surface area contributed by atoms with E-state index >= 15 is 0 Å². The van der Waals surface area contributed by atoms with Crippen molar-refractivity contribution in [2.75, 3.05) is 45.4 Å². The summed E-state index contributed by atoms with van der Waals surface area (Å²) in [5, 5.41) is 0. The van der Waals surface area contributed by atoms with Gasteiger partial charge >= 0.3 is 0 Å². The maximum Gasteiger partial charge on any atom is 0.278 e. The lowest BCUT2D eigenvalue weighted by molar-refractivity contribution is -0.137. The first-order chi connectivity index (χ1) is 15.6. The average Bonchev–Trinajstić information content (AvgIpc) is 3.07. The molecule has 0 aromatic heterocycles. The van der Waals surface area contributed by atoms with Crippen LogP contribution in [0.1, 0.15) is 25.8 Å². The molecule has 0 fully saturated rings. The van der Waals surface area contributed by atoms with Crippen LogP contribution < -0.4 is 14.4 Å². The predicted octanol–water partition coefficient (Wildman–Crippen LogP) is 3.74. The number of amides is 2. The highest BCUT2D eigenvalue weighted by Crippen LogP contribution is 2.37. The van der Waals surface area contributed by atoms with Gasteiger partial charge in [0.05, 0.1) is 19.8 Å². The van der Waals surface area contributed by atoms with Gasteiger partial charge in [0.15, 0.2) is 11.5 Å². The molecule has 0 saturated heterocycles. The normalized spacial score (nSPS) is 13.7. The second-order valence-corrected chi connectivity index (χ2v) is 7.19. The fraction of sp³-hybridized carbons (Fsp3) is 0.360. The maximum atomic E-state index is 13.5. The number of imide groups is 1. The minimum Gasteiger partial charge on any atom is -0.493 e. The van der Waals surface area contributed by atoms with Crippen LogP contribution in [-0.2, 0) is 14.3 Å². The predicted molar refractivity (Wildman–Crippen MR) is 124 cm³/mol. The molecule has 32 heavy (non-hydrogen) atoms. The van der Waals surface area contributed by atoms with Crippen molar-refractivity contribution < 1.29 is 23.8 Å². The number of hydrogen-bond acceptors (Lipinski definition) is 6. The van der Waals surface area contributed by atoms with Gasteiger partial charge in [-0.15, -0.1) is 0 Å². The molecule has 0 spiro atoms. The number of carbonyl (C=O) groups is 2. The number of hydrogen-bond donors (Lipinski definition) is 0. The SMILES string of the molecule is CCOCCCN1C(=O)C(c2ccc(OC)c(OC)c2)=C(N(CC)c2ccccc2)C1=O. The minimum atomic E-state index is -0.317. The summed E-state index contributed by atoms with van der Waals surface area (Å²) >= 11 is 0. The second kappa shape index (κ2) is 10.8. The van der Waals surface area contributed by atoms with E-state index < -0.39 is 0 Å². The molecule has 1 aliphatic heterocycles. The van der Waals surface area contributed by atoms with Crippen molar-refractivity contribution in [2.24, 2.45) is 0 Å². The van der Waals surface area contributed by atoms with Crippen LogP contribution in [0.4, 0.5) is 5.69 Å². The van der Waals surface area contributed by atoms with Crippen LogP contribution in [0.25, 0.3) is 5.57 Å². The van der Waals surface area contributed by atoms with Crippen molar-refractivity contribution in [1.82, 2.24) is 4.90 Å². The van der Waals surface area contributed by atoms with Gasteiger partial charge in [-0.2, -0.15) is 0 Å². The number of methoxy groups -OCH3 is 2. The van der Waals surface area contributed by atoms with E-state index in [-0.39, 0.29) is 11.8 Å². The second-order valence-electron chi connectivity index (χ2n) is 7.19. The van der Waals surface area contributed by atoms with E-state index in [2.05, 4.69) is 0 Å². The van der Waals surface area contributed by atoms with E-state index in [1.165, 1.54) is 4.90 Å². The van der Waals surface area contributed by atoms with Gasteiger partial charge < -0.3 is 19.1 Å². The van der Waals surface area contributed by atoms with Crippen LogP contribution in [0.15, 0.2) is 54.2 Å². The number of carbonyl (C=O) groups excluding carboxylic acids is 2. The summed E-state index contributed by atoms with van der Waals surface area (Å²) in [6.07, 6.45) is 0.579. The summed E-state index contributed by atoms with van der Waals surface area (Å²) in [6, 6.07) is 14.9. The molecule has 0 unspecified atom stereocenters. The van der Waals surface area contributed by atoms with Gasteiger partial charge in [-0.05, 0) is 50.1 Å². The molecular weight excluding hydrogens is 408 g/mol. The van der Waals surface area contributed by atoms with Crippen molar-refractivity contribution in [3.63, 3.8) is 0 Å². The number of anilines is 1. The zero-order valence-electron chi connectivity index (χ0n) is 19.1. The summed E-state index contributed by atoms with van der Waals surface area (Å²) in [5.41, 5.74) is 2.18. The van der Waals surface area contributed by atoms with Crippen molar-refractivity contribution in [3.8, 4) is 11.5 Å². The zero-order valence-corrected chi connectivity index (χ0v) is 19.1. The third kappa shape index (κ3) is 4.62. The van der Waals surface area contributed by atoms with E-state index in [9.17, 15) is 9.59 Å². The van der Waals surface area contributed by atoms with Gasteiger partial charge in [-0.1, -0.05) is 24.3 Å². The highest BCUT2D eigenvalue weighted by atomic mass is 16.5. The fourth-order valence-corrected chi connectivity index (χ4v) is 3.82. The number of nitrogens with zero attached hydrogens (tertiary/aromatic N) is 2. The Labute approximate surface area is 189 Å². The Morgan fingerprint density at radius 3 is 2.25 bits per heavy atom. The Hall–Kier alpha value is -3.32. The molecule has 170 valence electrons. The molecule has 2 aromatic carbocycles. The number of rotatable bonds is 11. The number of para-hydroxylation sites is 1. The Bertz CT molecular complexity index is 987. The first kappa shape index (κ1) is 23.3. The van der Waals surface area contributed by atoms with Gasteiger partial charge in [0.25, 0.3) is 11.8 Å².